The van der Waals surface area contributed by atoms with E-state index < -0.39 is 11.4 Å². The van der Waals surface area contributed by atoms with Gasteiger partial charge in [0.05, 0.1) is 21.3 Å². The molecular weight excluding hydrogens is 327 g/mol. The standard InChI is InChI=1S/C14H16BrFN2O2/c1-18(9-14(19)4-6-20-7-5-14)11-3-2-10(8-17)12(15)13(11)16/h2-3,19H,4-7,9H2,1H3. The molecule has 1 aromatic rings. The van der Waals surface area contributed by atoms with Gasteiger partial charge in [-0.3, -0.25) is 0 Å². The predicted octanol–water partition coefficient (Wildman–Crippen LogP) is 2.44. The van der Waals surface area contributed by atoms with Crippen LogP contribution in [0, 0.1) is 17.1 Å². The number of likely N-dealkylation sites (N-methyl/N-ethyl adjacent to an activating group) is 1. The van der Waals surface area contributed by atoms with E-state index in [4.69, 9.17) is 10.00 Å². The maximum absolute atomic E-state index is 14.2. The Bertz CT molecular complexity index is 539. The van der Waals surface area contributed by atoms with Gasteiger partial charge >= 0.3 is 0 Å². The van der Waals surface area contributed by atoms with Gasteiger partial charge in [-0.2, -0.15) is 5.26 Å². The number of hydrogen-bond donors (Lipinski definition) is 1. The molecule has 0 aromatic heterocycles. The second-order valence-electron chi connectivity index (χ2n) is 5.06. The van der Waals surface area contributed by atoms with E-state index >= 15 is 0 Å². The first-order chi connectivity index (χ1) is 9.47. The number of hydrogen-bond acceptors (Lipinski definition) is 4. The predicted molar refractivity (Wildman–Crippen MR) is 77.1 cm³/mol. The molecule has 6 heteroatoms. The number of aliphatic hydroxyl groups is 1. The highest BCUT2D eigenvalue weighted by Crippen LogP contribution is 2.30. The molecule has 4 nitrogen and oxygen atoms in total. The zero-order valence-electron chi connectivity index (χ0n) is 11.2. The van der Waals surface area contributed by atoms with Crippen molar-refractivity contribution in [1.82, 2.24) is 0 Å². The van der Waals surface area contributed by atoms with Crippen LogP contribution < -0.4 is 4.90 Å². The molecule has 1 aliphatic heterocycles. The smallest absolute Gasteiger partial charge is 0.161 e. The number of halogens is 2. The first kappa shape index (κ1) is 15.2. The van der Waals surface area contributed by atoms with Crippen molar-refractivity contribution in [3.63, 3.8) is 0 Å². The molecule has 1 aliphatic rings. The van der Waals surface area contributed by atoms with Gasteiger partial charge in [0.15, 0.2) is 5.82 Å². The van der Waals surface area contributed by atoms with Crippen LogP contribution in [0.4, 0.5) is 10.1 Å². The summed E-state index contributed by atoms with van der Waals surface area (Å²) in [6.07, 6.45) is 1.08. The van der Waals surface area contributed by atoms with Crippen LogP contribution in [-0.4, -0.2) is 37.5 Å². The Labute approximate surface area is 125 Å². The van der Waals surface area contributed by atoms with Gasteiger partial charge in [-0.05, 0) is 28.1 Å². The third-order valence-corrected chi connectivity index (χ3v) is 4.32. The summed E-state index contributed by atoms with van der Waals surface area (Å²) in [5.41, 5.74) is -0.250. The molecule has 20 heavy (non-hydrogen) atoms. The van der Waals surface area contributed by atoms with Crippen molar-refractivity contribution < 1.29 is 14.2 Å². The molecule has 0 atom stereocenters. The minimum atomic E-state index is -0.861. The molecule has 108 valence electrons. The van der Waals surface area contributed by atoms with Crippen LogP contribution in [0.1, 0.15) is 18.4 Å². The summed E-state index contributed by atoms with van der Waals surface area (Å²) in [5.74, 6) is -0.484. The molecule has 2 rings (SSSR count). The number of benzene rings is 1. The average molecular weight is 343 g/mol. The monoisotopic (exact) mass is 342 g/mol. The van der Waals surface area contributed by atoms with Crippen molar-refractivity contribution in [3.05, 3.63) is 28.0 Å². The van der Waals surface area contributed by atoms with E-state index in [9.17, 15) is 9.50 Å². The zero-order chi connectivity index (χ0) is 14.8. The Hall–Kier alpha value is -1.16. The lowest BCUT2D eigenvalue weighted by molar-refractivity contribution is -0.0573. The highest BCUT2D eigenvalue weighted by atomic mass is 79.9. The molecular formula is C14H16BrFN2O2. The van der Waals surface area contributed by atoms with E-state index in [1.54, 1.807) is 24.1 Å². The van der Waals surface area contributed by atoms with Gasteiger partial charge in [0.2, 0.25) is 0 Å². The van der Waals surface area contributed by atoms with E-state index in [0.29, 0.717) is 38.3 Å². The molecule has 0 amide bonds. The zero-order valence-corrected chi connectivity index (χ0v) is 12.8. The second-order valence-corrected chi connectivity index (χ2v) is 5.86. The van der Waals surface area contributed by atoms with Crippen LogP contribution in [0.3, 0.4) is 0 Å². The summed E-state index contributed by atoms with van der Waals surface area (Å²) in [7, 11) is 1.73. The van der Waals surface area contributed by atoms with Crippen LogP contribution in [0.2, 0.25) is 0 Å². The minimum Gasteiger partial charge on any atom is -0.388 e. The molecule has 0 saturated carbocycles. The minimum absolute atomic E-state index is 0.156. The lowest BCUT2D eigenvalue weighted by Gasteiger charge is -2.36. The number of anilines is 1. The van der Waals surface area contributed by atoms with Crippen molar-refractivity contribution in [2.75, 3.05) is 31.7 Å². The SMILES string of the molecule is CN(CC1(O)CCOCC1)c1ccc(C#N)c(Br)c1F. The van der Waals surface area contributed by atoms with Gasteiger partial charge in [0, 0.05) is 39.6 Å². The Morgan fingerprint density at radius 2 is 2.15 bits per heavy atom. The van der Waals surface area contributed by atoms with Gasteiger partial charge in [-0.25, -0.2) is 4.39 Å². The fourth-order valence-corrected chi connectivity index (χ4v) is 2.78. The first-order valence-corrected chi connectivity index (χ1v) is 7.15. The van der Waals surface area contributed by atoms with E-state index in [0.717, 1.165) is 0 Å². The van der Waals surface area contributed by atoms with Crippen LogP contribution in [0.25, 0.3) is 0 Å². The fourth-order valence-electron chi connectivity index (χ4n) is 2.36. The summed E-state index contributed by atoms with van der Waals surface area (Å²) in [5, 5.41) is 19.3. The maximum atomic E-state index is 14.2. The molecule has 1 saturated heterocycles. The van der Waals surface area contributed by atoms with Gasteiger partial charge in [-0.1, -0.05) is 0 Å². The molecule has 0 spiro atoms. The molecule has 1 aromatic carbocycles. The van der Waals surface area contributed by atoms with E-state index in [-0.39, 0.29) is 10.0 Å². The van der Waals surface area contributed by atoms with Crippen molar-refractivity contribution in [3.8, 4) is 6.07 Å². The molecule has 1 N–H and O–H groups in total. The van der Waals surface area contributed by atoms with Crippen LogP contribution in [0.15, 0.2) is 16.6 Å². The number of ether oxygens (including phenoxy) is 1. The van der Waals surface area contributed by atoms with Crippen molar-refractivity contribution in [1.29, 1.82) is 5.26 Å². The third-order valence-electron chi connectivity index (χ3n) is 3.55. The Morgan fingerprint density at radius 1 is 1.50 bits per heavy atom. The summed E-state index contributed by atoms with van der Waals surface area (Å²) in [4.78, 5) is 1.67. The van der Waals surface area contributed by atoms with E-state index in [1.807, 2.05) is 6.07 Å². The lowest BCUT2D eigenvalue weighted by Crippen LogP contribution is -2.46. The van der Waals surface area contributed by atoms with Crippen molar-refractivity contribution in [2.24, 2.45) is 0 Å². The summed E-state index contributed by atoms with van der Waals surface area (Å²) < 4.78 is 19.6. The van der Waals surface area contributed by atoms with Crippen molar-refractivity contribution in [2.45, 2.75) is 18.4 Å². The van der Waals surface area contributed by atoms with E-state index in [1.165, 1.54) is 0 Å². The van der Waals surface area contributed by atoms with Gasteiger partial charge < -0.3 is 14.7 Å². The summed E-state index contributed by atoms with van der Waals surface area (Å²) in [6, 6.07) is 5.04. The van der Waals surface area contributed by atoms with Gasteiger partial charge in [0.1, 0.15) is 6.07 Å². The van der Waals surface area contributed by atoms with Gasteiger partial charge in [0.25, 0.3) is 0 Å². The Balaban J connectivity index is 2.19. The largest absolute Gasteiger partial charge is 0.388 e. The number of rotatable bonds is 3. The van der Waals surface area contributed by atoms with Gasteiger partial charge in [-0.15, -0.1) is 0 Å². The molecule has 1 fully saturated rings. The number of nitrogens with zero attached hydrogens (tertiary/aromatic N) is 2. The highest BCUT2D eigenvalue weighted by Gasteiger charge is 2.32. The quantitative estimate of drug-likeness (QED) is 0.916. The Morgan fingerprint density at radius 3 is 2.75 bits per heavy atom. The lowest BCUT2D eigenvalue weighted by atomic mass is 9.93. The average Bonchev–Trinajstić information content (AvgIpc) is 2.42. The molecule has 0 radical (unpaired) electrons. The van der Waals surface area contributed by atoms with Crippen LogP contribution in [0.5, 0.6) is 0 Å². The fraction of sp³-hybridized carbons (Fsp3) is 0.500. The van der Waals surface area contributed by atoms with E-state index in [2.05, 4.69) is 15.9 Å². The third kappa shape index (κ3) is 3.11. The summed E-state index contributed by atoms with van der Waals surface area (Å²) >= 11 is 3.09. The normalized spacial score (nSPS) is 17.6. The molecule has 0 bridgehead atoms. The molecule has 1 heterocycles. The molecule has 0 unspecified atom stereocenters. The first-order valence-electron chi connectivity index (χ1n) is 6.36. The highest BCUT2D eigenvalue weighted by molar-refractivity contribution is 9.10. The molecule has 0 aliphatic carbocycles. The van der Waals surface area contributed by atoms with Crippen LogP contribution >= 0.6 is 15.9 Å². The Kier molecular flexibility index (Phi) is 4.63. The topological polar surface area (TPSA) is 56.5 Å². The van der Waals surface area contributed by atoms with Crippen molar-refractivity contribution >= 4 is 21.6 Å². The summed E-state index contributed by atoms with van der Waals surface area (Å²) in [6.45, 7) is 1.36. The maximum Gasteiger partial charge on any atom is 0.161 e. The van der Waals surface area contributed by atoms with Crippen LogP contribution in [-0.2, 0) is 4.74 Å². The number of nitriles is 1. The second kappa shape index (κ2) is 6.08.